The Hall–Kier alpha value is -2.95. The molecule has 0 aliphatic heterocycles. The van der Waals surface area contributed by atoms with Crippen LogP contribution in [-0.4, -0.2) is 25.3 Å². The van der Waals surface area contributed by atoms with Crippen LogP contribution in [0.4, 0.5) is 0 Å². The predicted molar refractivity (Wildman–Crippen MR) is 94.3 cm³/mol. The molecule has 0 spiro atoms. The standard InChI is InChI=1S/C19H20N4O/c1-13-17(10-11-19(24)18-12-22(4)20-14(18)2)15(3)23(21-13)16-8-6-5-7-9-16/h5-12H,1-4H3. The Bertz CT molecular complexity index is 916. The van der Waals surface area contributed by atoms with Gasteiger partial charge in [0.15, 0.2) is 5.78 Å². The largest absolute Gasteiger partial charge is 0.289 e. The van der Waals surface area contributed by atoms with E-state index in [0.29, 0.717) is 5.56 Å². The number of allylic oxidation sites excluding steroid dienone is 1. The molecule has 0 fully saturated rings. The summed E-state index contributed by atoms with van der Waals surface area (Å²) in [7, 11) is 1.81. The number of benzene rings is 1. The van der Waals surface area contributed by atoms with Gasteiger partial charge in [-0.2, -0.15) is 10.2 Å². The number of nitrogens with zero attached hydrogens (tertiary/aromatic N) is 4. The lowest BCUT2D eigenvalue weighted by Gasteiger charge is -2.03. The van der Waals surface area contributed by atoms with Crippen LogP contribution in [-0.2, 0) is 7.05 Å². The van der Waals surface area contributed by atoms with E-state index in [1.54, 1.807) is 17.0 Å². The predicted octanol–water partition coefficient (Wildman–Crippen LogP) is 3.43. The van der Waals surface area contributed by atoms with Crippen molar-refractivity contribution in [2.45, 2.75) is 20.8 Å². The molecule has 1 aromatic carbocycles. The molecule has 0 aliphatic carbocycles. The van der Waals surface area contributed by atoms with E-state index in [1.807, 2.05) is 68.9 Å². The molecule has 0 saturated carbocycles. The summed E-state index contributed by atoms with van der Waals surface area (Å²) >= 11 is 0. The number of hydrogen-bond acceptors (Lipinski definition) is 3. The van der Waals surface area contributed by atoms with Crippen LogP contribution in [0.1, 0.15) is 33.0 Å². The average molecular weight is 320 g/mol. The molecule has 0 unspecified atom stereocenters. The summed E-state index contributed by atoms with van der Waals surface area (Å²) in [5.41, 5.74) is 5.23. The van der Waals surface area contributed by atoms with Gasteiger partial charge in [0.2, 0.25) is 0 Å². The summed E-state index contributed by atoms with van der Waals surface area (Å²) in [6, 6.07) is 9.96. The minimum atomic E-state index is -0.0492. The van der Waals surface area contributed by atoms with Gasteiger partial charge in [-0.3, -0.25) is 9.48 Å². The van der Waals surface area contributed by atoms with Gasteiger partial charge in [0.05, 0.1) is 22.6 Å². The molecule has 0 bridgehead atoms. The number of carbonyl (C=O) groups excluding carboxylic acids is 1. The Balaban J connectivity index is 1.92. The zero-order valence-electron chi connectivity index (χ0n) is 14.3. The number of ketones is 1. The number of hydrogen-bond donors (Lipinski definition) is 0. The zero-order valence-corrected chi connectivity index (χ0v) is 14.3. The smallest absolute Gasteiger partial charge is 0.189 e. The SMILES string of the molecule is Cc1nn(C)cc1C(=O)C=Cc1c(C)nn(-c2ccccc2)c1C. The maximum Gasteiger partial charge on any atom is 0.189 e. The Morgan fingerprint density at radius 2 is 1.75 bits per heavy atom. The first-order chi connectivity index (χ1) is 11.5. The third kappa shape index (κ3) is 2.93. The summed E-state index contributed by atoms with van der Waals surface area (Å²) in [5, 5.41) is 8.80. The van der Waals surface area contributed by atoms with Gasteiger partial charge in [-0.05, 0) is 45.1 Å². The second-order valence-electron chi connectivity index (χ2n) is 5.83. The van der Waals surface area contributed by atoms with Crippen molar-refractivity contribution < 1.29 is 4.79 Å². The van der Waals surface area contributed by atoms with Crippen molar-refractivity contribution in [3.05, 3.63) is 70.8 Å². The fourth-order valence-electron chi connectivity index (χ4n) is 2.81. The topological polar surface area (TPSA) is 52.7 Å². The summed E-state index contributed by atoms with van der Waals surface area (Å²) in [6.45, 7) is 5.80. The number of carbonyl (C=O) groups is 1. The van der Waals surface area contributed by atoms with E-state index in [9.17, 15) is 4.79 Å². The molecule has 24 heavy (non-hydrogen) atoms. The van der Waals surface area contributed by atoms with Crippen LogP contribution >= 0.6 is 0 Å². The molecule has 0 radical (unpaired) electrons. The highest BCUT2D eigenvalue weighted by molar-refractivity contribution is 6.07. The van der Waals surface area contributed by atoms with E-state index in [-0.39, 0.29) is 5.78 Å². The summed E-state index contributed by atoms with van der Waals surface area (Å²) in [5.74, 6) is -0.0492. The highest BCUT2D eigenvalue weighted by Crippen LogP contribution is 2.19. The van der Waals surface area contributed by atoms with Gasteiger partial charge in [0.1, 0.15) is 0 Å². The number of aromatic nitrogens is 4. The highest BCUT2D eigenvalue weighted by atomic mass is 16.1. The van der Waals surface area contributed by atoms with Crippen molar-refractivity contribution in [1.82, 2.24) is 19.6 Å². The second kappa shape index (κ2) is 6.28. The summed E-state index contributed by atoms with van der Waals surface area (Å²) in [6.07, 6.45) is 5.18. The maximum absolute atomic E-state index is 12.4. The van der Waals surface area contributed by atoms with Crippen molar-refractivity contribution >= 4 is 11.9 Å². The van der Waals surface area contributed by atoms with Gasteiger partial charge in [-0.1, -0.05) is 18.2 Å². The van der Waals surface area contributed by atoms with Crippen LogP contribution in [0.3, 0.4) is 0 Å². The van der Waals surface area contributed by atoms with Crippen LogP contribution in [0.5, 0.6) is 0 Å². The van der Waals surface area contributed by atoms with E-state index in [4.69, 9.17) is 0 Å². The minimum Gasteiger partial charge on any atom is -0.289 e. The molecule has 5 heteroatoms. The number of rotatable bonds is 4. The van der Waals surface area contributed by atoms with Crippen LogP contribution < -0.4 is 0 Å². The van der Waals surface area contributed by atoms with E-state index in [2.05, 4.69) is 10.2 Å². The molecule has 0 atom stereocenters. The molecule has 3 aromatic rings. The first-order valence-electron chi connectivity index (χ1n) is 7.81. The van der Waals surface area contributed by atoms with Gasteiger partial charge in [0, 0.05) is 24.5 Å². The van der Waals surface area contributed by atoms with Gasteiger partial charge in [-0.15, -0.1) is 0 Å². The summed E-state index contributed by atoms with van der Waals surface area (Å²) < 4.78 is 3.55. The minimum absolute atomic E-state index is 0.0492. The second-order valence-corrected chi connectivity index (χ2v) is 5.83. The molecule has 2 heterocycles. The molecule has 0 aliphatic rings. The van der Waals surface area contributed by atoms with Gasteiger partial charge in [0.25, 0.3) is 0 Å². The molecule has 3 rings (SSSR count). The maximum atomic E-state index is 12.4. The normalized spacial score (nSPS) is 11.3. The quantitative estimate of drug-likeness (QED) is 0.547. The zero-order chi connectivity index (χ0) is 17.3. The summed E-state index contributed by atoms with van der Waals surface area (Å²) in [4.78, 5) is 12.4. The third-order valence-corrected chi connectivity index (χ3v) is 4.03. The van der Waals surface area contributed by atoms with Crippen molar-refractivity contribution in [2.75, 3.05) is 0 Å². The number of para-hydroxylation sites is 1. The van der Waals surface area contributed by atoms with Crippen molar-refractivity contribution in [3.8, 4) is 5.69 Å². The molecule has 0 amide bonds. The Morgan fingerprint density at radius 1 is 1.04 bits per heavy atom. The fourth-order valence-corrected chi connectivity index (χ4v) is 2.81. The Kier molecular flexibility index (Phi) is 4.16. The molecule has 2 aromatic heterocycles. The van der Waals surface area contributed by atoms with Crippen molar-refractivity contribution in [3.63, 3.8) is 0 Å². The molecular weight excluding hydrogens is 300 g/mol. The lowest BCUT2D eigenvalue weighted by atomic mass is 10.1. The number of aryl methyl sites for hydroxylation is 3. The van der Waals surface area contributed by atoms with Gasteiger partial charge < -0.3 is 0 Å². The molecule has 0 N–H and O–H groups in total. The average Bonchev–Trinajstić information content (AvgIpc) is 3.05. The Morgan fingerprint density at radius 3 is 2.38 bits per heavy atom. The van der Waals surface area contributed by atoms with Crippen molar-refractivity contribution in [1.29, 1.82) is 0 Å². The lowest BCUT2D eigenvalue weighted by Crippen LogP contribution is -1.98. The molecular formula is C19H20N4O. The highest BCUT2D eigenvalue weighted by Gasteiger charge is 2.13. The van der Waals surface area contributed by atoms with Gasteiger partial charge in [-0.25, -0.2) is 4.68 Å². The van der Waals surface area contributed by atoms with Gasteiger partial charge >= 0.3 is 0 Å². The molecule has 5 nitrogen and oxygen atoms in total. The van der Waals surface area contributed by atoms with E-state index < -0.39 is 0 Å². The molecule has 0 saturated heterocycles. The Labute approximate surface area is 141 Å². The van der Waals surface area contributed by atoms with Crippen molar-refractivity contribution in [2.24, 2.45) is 7.05 Å². The lowest BCUT2D eigenvalue weighted by molar-refractivity contribution is 0.104. The monoisotopic (exact) mass is 320 g/mol. The van der Waals surface area contributed by atoms with E-state index in [1.165, 1.54) is 0 Å². The van der Waals surface area contributed by atoms with Crippen LogP contribution in [0, 0.1) is 20.8 Å². The first kappa shape index (κ1) is 15.9. The van der Waals surface area contributed by atoms with Crippen LogP contribution in [0.2, 0.25) is 0 Å². The third-order valence-electron chi connectivity index (χ3n) is 4.03. The molecule has 122 valence electrons. The first-order valence-corrected chi connectivity index (χ1v) is 7.81. The van der Waals surface area contributed by atoms with E-state index >= 15 is 0 Å². The fraction of sp³-hybridized carbons (Fsp3) is 0.211. The van der Waals surface area contributed by atoms with E-state index in [0.717, 1.165) is 28.3 Å². The van der Waals surface area contributed by atoms with Crippen LogP contribution in [0.25, 0.3) is 11.8 Å². The van der Waals surface area contributed by atoms with Crippen LogP contribution in [0.15, 0.2) is 42.6 Å².